The largest absolute Gasteiger partial charge is 0.360 e. The van der Waals surface area contributed by atoms with E-state index in [-0.39, 0.29) is 11.7 Å². The van der Waals surface area contributed by atoms with Crippen molar-refractivity contribution in [2.24, 2.45) is 5.41 Å². The van der Waals surface area contributed by atoms with E-state index in [0.717, 1.165) is 25.3 Å². The van der Waals surface area contributed by atoms with Gasteiger partial charge in [-0.15, -0.1) is 0 Å². The maximum Gasteiger partial charge on any atom is 0.199 e. The molecule has 0 spiro atoms. The molecule has 0 aliphatic carbocycles. The fraction of sp³-hybridized carbons (Fsp3) is 0.692. The number of aromatic nitrogens is 1. The molecule has 0 unspecified atom stereocenters. The molecule has 0 aromatic carbocycles. The number of ether oxygens (including phenoxy) is 2. The lowest BCUT2D eigenvalue weighted by Crippen LogP contribution is -2.34. The molecule has 90 valence electrons. The van der Waals surface area contributed by atoms with E-state index >= 15 is 0 Å². The van der Waals surface area contributed by atoms with Gasteiger partial charge in [0.25, 0.3) is 0 Å². The summed E-state index contributed by atoms with van der Waals surface area (Å²) in [5.74, 6) is 0. The lowest BCUT2D eigenvalue weighted by Gasteiger charge is -2.34. The zero-order valence-electron chi connectivity index (χ0n) is 10.6. The van der Waals surface area contributed by atoms with Gasteiger partial charge in [-0.3, -0.25) is 0 Å². The molecule has 1 aliphatic rings. The van der Waals surface area contributed by atoms with Gasteiger partial charge < -0.3 is 14.5 Å². The predicted octanol–water partition coefficient (Wildman–Crippen LogP) is 2.96. The number of nitrogens with one attached hydrogen (secondary N) is 1. The minimum absolute atomic E-state index is 0.129. The normalized spacial score (nSPS) is 21.2. The molecule has 2 rings (SSSR count). The van der Waals surface area contributed by atoms with E-state index in [0.29, 0.717) is 0 Å². The third kappa shape index (κ3) is 2.15. The van der Waals surface area contributed by atoms with Crippen LogP contribution in [0.5, 0.6) is 0 Å². The molecular formula is C13H21NO2. The van der Waals surface area contributed by atoms with E-state index in [2.05, 4.69) is 32.7 Å². The van der Waals surface area contributed by atoms with Crippen LogP contribution in [0.4, 0.5) is 0 Å². The summed E-state index contributed by atoms with van der Waals surface area (Å²) >= 11 is 0. The minimum Gasteiger partial charge on any atom is -0.360 e. The molecule has 0 bridgehead atoms. The maximum absolute atomic E-state index is 5.78. The summed E-state index contributed by atoms with van der Waals surface area (Å²) in [5, 5.41) is 0. The molecule has 3 nitrogen and oxygen atoms in total. The van der Waals surface area contributed by atoms with Crippen molar-refractivity contribution in [3.63, 3.8) is 0 Å². The monoisotopic (exact) mass is 223 g/mol. The molecule has 16 heavy (non-hydrogen) atoms. The summed E-state index contributed by atoms with van der Waals surface area (Å²) < 4.78 is 11.6. The topological polar surface area (TPSA) is 34.2 Å². The molecule has 3 heteroatoms. The second-order valence-electron chi connectivity index (χ2n) is 5.34. The van der Waals surface area contributed by atoms with Crippen LogP contribution in [-0.4, -0.2) is 18.2 Å². The van der Waals surface area contributed by atoms with Crippen molar-refractivity contribution in [2.75, 3.05) is 13.2 Å². The van der Waals surface area contributed by atoms with Gasteiger partial charge in [0.15, 0.2) is 6.29 Å². The van der Waals surface area contributed by atoms with Crippen molar-refractivity contribution in [3.05, 3.63) is 23.0 Å². The molecular weight excluding hydrogens is 202 g/mol. The lowest BCUT2D eigenvalue weighted by molar-refractivity contribution is -0.228. The molecule has 0 saturated carbocycles. The van der Waals surface area contributed by atoms with Crippen LogP contribution in [0.1, 0.15) is 43.9 Å². The van der Waals surface area contributed by atoms with Gasteiger partial charge in [0.2, 0.25) is 0 Å². The van der Waals surface area contributed by atoms with Crippen LogP contribution >= 0.6 is 0 Å². The van der Waals surface area contributed by atoms with E-state index in [1.54, 1.807) is 0 Å². The van der Waals surface area contributed by atoms with Gasteiger partial charge in [0.1, 0.15) is 0 Å². The van der Waals surface area contributed by atoms with Gasteiger partial charge in [0, 0.05) is 11.6 Å². The highest BCUT2D eigenvalue weighted by Crippen LogP contribution is 2.32. The third-order valence-electron chi connectivity index (χ3n) is 3.09. The SMILES string of the molecule is CCc1c(C)c[nH]c1C1OCC(C)(C)CO1. The Morgan fingerprint density at radius 3 is 2.56 bits per heavy atom. The summed E-state index contributed by atoms with van der Waals surface area (Å²) in [6, 6.07) is 0. The van der Waals surface area contributed by atoms with Gasteiger partial charge in [-0.2, -0.15) is 0 Å². The van der Waals surface area contributed by atoms with Crippen molar-refractivity contribution in [1.29, 1.82) is 0 Å². The van der Waals surface area contributed by atoms with Crippen LogP contribution in [0.2, 0.25) is 0 Å². The van der Waals surface area contributed by atoms with E-state index in [1.807, 2.05) is 6.20 Å². The average Bonchev–Trinajstić information content (AvgIpc) is 2.59. The average molecular weight is 223 g/mol. The van der Waals surface area contributed by atoms with Crippen LogP contribution in [0.3, 0.4) is 0 Å². The number of hydrogen-bond acceptors (Lipinski definition) is 2. The Bertz CT molecular complexity index is 358. The summed E-state index contributed by atoms with van der Waals surface area (Å²) in [6.07, 6.45) is 2.83. The minimum atomic E-state index is -0.211. The first-order valence-electron chi connectivity index (χ1n) is 5.93. The summed E-state index contributed by atoms with van der Waals surface area (Å²) in [6.45, 7) is 10.1. The number of hydrogen-bond donors (Lipinski definition) is 1. The van der Waals surface area contributed by atoms with Crippen LogP contribution in [-0.2, 0) is 15.9 Å². The molecule has 0 amide bonds. The van der Waals surface area contributed by atoms with Crippen LogP contribution in [0.15, 0.2) is 6.20 Å². The Hall–Kier alpha value is -0.800. The molecule has 0 atom stereocenters. The van der Waals surface area contributed by atoms with Crippen LogP contribution in [0.25, 0.3) is 0 Å². The van der Waals surface area contributed by atoms with Crippen LogP contribution < -0.4 is 0 Å². The highest BCUT2D eigenvalue weighted by Gasteiger charge is 2.30. The highest BCUT2D eigenvalue weighted by molar-refractivity contribution is 5.30. The Morgan fingerprint density at radius 2 is 2.00 bits per heavy atom. The number of aromatic amines is 1. The molecule has 1 saturated heterocycles. The summed E-state index contributed by atoms with van der Waals surface area (Å²) in [7, 11) is 0. The van der Waals surface area contributed by atoms with Crippen molar-refractivity contribution < 1.29 is 9.47 Å². The molecule has 1 aliphatic heterocycles. The van der Waals surface area contributed by atoms with Crippen molar-refractivity contribution >= 4 is 0 Å². The van der Waals surface area contributed by atoms with Gasteiger partial charge in [-0.1, -0.05) is 20.8 Å². The Labute approximate surface area is 97.1 Å². The summed E-state index contributed by atoms with van der Waals surface area (Å²) in [4.78, 5) is 3.27. The Balaban J connectivity index is 2.14. The first-order chi connectivity index (χ1) is 7.53. The maximum atomic E-state index is 5.78. The van der Waals surface area contributed by atoms with E-state index in [4.69, 9.17) is 9.47 Å². The quantitative estimate of drug-likeness (QED) is 0.836. The van der Waals surface area contributed by atoms with Gasteiger partial charge in [-0.05, 0) is 24.5 Å². The second kappa shape index (κ2) is 4.22. The smallest absolute Gasteiger partial charge is 0.199 e. The second-order valence-corrected chi connectivity index (χ2v) is 5.34. The fourth-order valence-corrected chi connectivity index (χ4v) is 2.11. The standard InChI is InChI=1S/C13H21NO2/c1-5-10-9(2)6-14-11(10)12-15-7-13(3,4)8-16-12/h6,12,14H,5,7-8H2,1-4H3. The van der Waals surface area contributed by atoms with Crippen molar-refractivity contribution in [1.82, 2.24) is 4.98 Å². The molecule has 1 aromatic rings. The first-order valence-corrected chi connectivity index (χ1v) is 5.93. The number of rotatable bonds is 2. The van der Waals surface area contributed by atoms with Crippen molar-refractivity contribution in [3.8, 4) is 0 Å². The Kier molecular flexibility index (Phi) is 3.08. The molecule has 1 aromatic heterocycles. The number of aryl methyl sites for hydroxylation is 1. The van der Waals surface area contributed by atoms with Crippen molar-refractivity contribution in [2.45, 2.75) is 40.4 Å². The van der Waals surface area contributed by atoms with E-state index in [1.165, 1.54) is 11.1 Å². The Morgan fingerprint density at radius 1 is 1.38 bits per heavy atom. The van der Waals surface area contributed by atoms with E-state index in [9.17, 15) is 0 Å². The fourth-order valence-electron chi connectivity index (χ4n) is 2.11. The highest BCUT2D eigenvalue weighted by atomic mass is 16.7. The summed E-state index contributed by atoms with van der Waals surface area (Å²) in [5.41, 5.74) is 3.83. The van der Waals surface area contributed by atoms with E-state index < -0.39 is 0 Å². The van der Waals surface area contributed by atoms with Gasteiger partial charge in [-0.25, -0.2) is 0 Å². The molecule has 1 fully saturated rings. The third-order valence-corrected chi connectivity index (χ3v) is 3.09. The van der Waals surface area contributed by atoms with Gasteiger partial charge >= 0.3 is 0 Å². The van der Waals surface area contributed by atoms with Crippen LogP contribution in [0, 0.1) is 12.3 Å². The lowest BCUT2D eigenvalue weighted by atomic mass is 9.95. The van der Waals surface area contributed by atoms with Gasteiger partial charge in [0.05, 0.1) is 18.9 Å². The zero-order valence-corrected chi connectivity index (χ0v) is 10.6. The zero-order chi connectivity index (χ0) is 11.8. The predicted molar refractivity (Wildman–Crippen MR) is 63.3 cm³/mol. The molecule has 0 radical (unpaired) electrons. The molecule has 2 heterocycles. The molecule has 1 N–H and O–H groups in total. The number of H-pyrrole nitrogens is 1. The first kappa shape index (κ1) is 11.7.